The summed E-state index contributed by atoms with van der Waals surface area (Å²) in [5.41, 5.74) is -2.08. The molecule has 48 heavy (non-hydrogen) atoms. The monoisotopic (exact) mass is 706 g/mol. The first kappa shape index (κ1) is 35.7. The summed E-state index contributed by atoms with van der Waals surface area (Å²) in [6, 6.07) is 11.2. The number of carbonyl (C=O) groups is 1. The smallest absolute Gasteiger partial charge is 0.369 e. The molecule has 260 valence electrons. The third-order valence-electron chi connectivity index (χ3n) is 8.65. The number of hydrogen-bond donors (Lipinski definition) is 0. The molecule has 0 spiro atoms. The number of carbonyl (C=O) groups excluding carboxylic acids is 1. The number of amides is 1. The van der Waals surface area contributed by atoms with Crippen molar-refractivity contribution in [2.24, 2.45) is 0 Å². The number of hydrogen-bond acceptors (Lipinski definition) is 4. The fourth-order valence-electron chi connectivity index (χ4n) is 6.23. The molecule has 1 atom stereocenters. The fraction of sp³-hybridized carbons (Fsp3) is 0.424. The molecule has 2 fully saturated rings. The Kier molecular flexibility index (Phi) is 10.2. The predicted molar refractivity (Wildman–Crippen MR) is 164 cm³/mol. The maximum Gasteiger partial charge on any atom is 0.416 e. The van der Waals surface area contributed by atoms with E-state index in [1.165, 1.54) is 18.0 Å². The van der Waals surface area contributed by atoms with E-state index in [4.69, 9.17) is 11.6 Å². The van der Waals surface area contributed by atoms with Gasteiger partial charge in [-0.3, -0.25) is 9.69 Å². The van der Waals surface area contributed by atoms with Crippen molar-refractivity contribution in [3.8, 4) is 0 Å². The van der Waals surface area contributed by atoms with E-state index in [1.807, 2.05) is 9.80 Å². The fourth-order valence-corrected chi connectivity index (χ4v) is 6.58. The van der Waals surface area contributed by atoms with Gasteiger partial charge in [0.2, 0.25) is 5.91 Å². The van der Waals surface area contributed by atoms with E-state index in [1.54, 1.807) is 29.2 Å². The summed E-state index contributed by atoms with van der Waals surface area (Å²) >= 11 is 6.54. The molecule has 1 unspecified atom stereocenters. The van der Waals surface area contributed by atoms with E-state index in [9.17, 15) is 44.3 Å². The van der Waals surface area contributed by atoms with Gasteiger partial charge >= 0.3 is 18.5 Å². The third-order valence-corrected chi connectivity index (χ3v) is 8.96. The van der Waals surface area contributed by atoms with Crippen LogP contribution in [-0.2, 0) is 36.4 Å². The van der Waals surface area contributed by atoms with E-state index in [-0.39, 0.29) is 29.1 Å². The third kappa shape index (κ3) is 8.31. The van der Waals surface area contributed by atoms with Crippen LogP contribution in [0.1, 0.15) is 40.7 Å². The van der Waals surface area contributed by atoms with Crippen LogP contribution >= 0.6 is 11.6 Å². The molecular formula is C33H32ClF9N4O. The van der Waals surface area contributed by atoms with Gasteiger partial charge in [-0.05, 0) is 79.0 Å². The van der Waals surface area contributed by atoms with Crippen molar-refractivity contribution < 1.29 is 44.3 Å². The summed E-state index contributed by atoms with van der Waals surface area (Å²) in [7, 11) is 1.51. The molecule has 1 amide bonds. The SMILES string of the molecule is CN(Cc1cc(C(F)(F)F)cc(C(F)(F)F)c1)c1ccc(CN2CCCC2C(=O)N2CCN(c3cccc(C(F)(F)F)c3)CC2)cc1Cl. The van der Waals surface area contributed by atoms with Crippen LogP contribution in [0.4, 0.5) is 50.9 Å². The Labute approximate surface area is 276 Å². The lowest BCUT2D eigenvalue weighted by Gasteiger charge is -2.38. The summed E-state index contributed by atoms with van der Waals surface area (Å²) in [5, 5.41) is 0.241. The van der Waals surface area contributed by atoms with Crippen molar-refractivity contribution in [3.63, 3.8) is 0 Å². The minimum Gasteiger partial charge on any atom is -0.369 e. The van der Waals surface area contributed by atoms with Gasteiger partial charge in [0.05, 0.1) is 33.4 Å². The zero-order chi connectivity index (χ0) is 35.0. The van der Waals surface area contributed by atoms with Crippen molar-refractivity contribution in [3.05, 3.63) is 93.5 Å². The molecule has 0 N–H and O–H groups in total. The highest BCUT2D eigenvalue weighted by molar-refractivity contribution is 6.33. The number of anilines is 2. The Balaban J connectivity index is 1.21. The average Bonchev–Trinajstić information content (AvgIpc) is 3.47. The number of benzene rings is 3. The number of rotatable bonds is 7. The average molecular weight is 707 g/mol. The summed E-state index contributed by atoms with van der Waals surface area (Å²) in [4.78, 5) is 20.6. The summed E-state index contributed by atoms with van der Waals surface area (Å²) in [6.07, 6.45) is -12.9. The van der Waals surface area contributed by atoms with E-state index in [2.05, 4.69) is 0 Å². The molecule has 0 saturated carbocycles. The molecule has 3 aromatic carbocycles. The topological polar surface area (TPSA) is 30.0 Å². The van der Waals surface area contributed by atoms with Crippen molar-refractivity contribution >= 4 is 28.9 Å². The molecule has 2 saturated heterocycles. The first-order valence-corrected chi connectivity index (χ1v) is 15.5. The molecule has 0 bridgehead atoms. The standard InChI is InChI=1S/C33H32ClF9N4O/c1-44(19-22-14-24(32(38,39)40)17-25(15-22)33(41,42)43)28-8-7-21(16-27(28)34)20-47-9-3-6-29(47)30(48)46-12-10-45(11-13-46)26-5-2-4-23(18-26)31(35,36)37/h2,4-5,7-8,14-18,29H,3,6,9-13,19-20H2,1H3. The van der Waals surface area contributed by atoms with Gasteiger partial charge in [-0.15, -0.1) is 0 Å². The maximum absolute atomic E-state index is 13.5. The summed E-state index contributed by atoms with van der Waals surface area (Å²) in [5.74, 6) is -0.0574. The quantitative estimate of drug-likeness (QED) is 0.231. The van der Waals surface area contributed by atoms with Crippen LogP contribution in [0, 0.1) is 0 Å². The van der Waals surface area contributed by atoms with Crippen LogP contribution in [0.5, 0.6) is 0 Å². The van der Waals surface area contributed by atoms with Crippen molar-refractivity contribution in [1.82, 2.24) is 9.80 Å². The summed E-state index contributed by atoms with van der Waals surface area (Å²) < 4.78 is 119. The first-order valence-electron chi connectivity index (χ1n) is 15.1. The molecule has 0 radical (unpaired) electrons. The van der Waals surface area contributed by atoms with Gasteiger partial charge in [-0.25, -0.2) is 0 Å². The molecule has 0 aliphatic carbocycles. The van der Waals surface area contributed by atoms with Gasteiger partial charge in [0.25, 0.3) is 0 Å². The zero-order valence-corrected chi connectivity index (χ0v) is 26.4. The van der Waals surface area contributed by atoms with Crippen LogP contribution in [0.3, 0.4) is 0 Å². The number of piperazine rings is 1. The number of nitrogens with zero attached hydrogens (tertiary/aromatic N) is 4. The lowest BCUT2D eigenvalue weighted by molar-refractivity contribution is -0.143. The van der Waals surface area contributed by atoms with Crippen molar-refractivity contribution in [1.29, 1.82) is 0 Å². The van der Waals surface area contributed by atoms with Crippen LogP contribution < -0.4 is 9.80 Å². The summed E-state index contributed by atoms with van der Waals surface area (Å²) in [6.45, 7) is 2.27. The molecule has 15 heteroatoms. The molecule has 2 aliphatic heterocycles. The highest BCUT2D eigenvalue weighted by atomic mass is 35.5. The van der Waals surface area contributed by atoms with Gasteiger partial charge in [0, 0.05) is 52.0 Å². The molecular weight excluding hydrogens is 675 g/mol. The number of likely N-dealkylation sites (tertiary alicyclic amines) is 1. The van der Waals surface area contributed by atoms with E-state index in [0.717, 1.165) is 24.1 Å². The van der Waals surface area contributed by atoms with Gasteiger partial charge in [0.15, 0.2) is 0 Å². The van der Waals surface area contributed by atoms with Crippen LogP contribution in [-0.4, -0.2) is 61.5 Å². The Bertz CT molecular complexity index is 1590. The normalized spacial score (nSPS) is 18.0. The largest absolute Gasteiger partial charge is 0.416 e. The van der Waals surface area contributed by atoms with Crippen molar-refractivity contribution in [2.75, 3.05) is 49.6 Å². The molecule has 3 aromatic rings. The second-order valence-corrected chi connectivity index (χ2v) is 12.5. The van der Waals surface area contributed by atoms with Crippen LogP contribution in [0.25, 0.3) is 0 Å². The predicted octanol–water partition coefficient (Wildman–Crippen LogP) is 8.35. The van der Waals surface area contributed by atoms with E-state index >= 15 is 0 Å². The van der Waals surface area contributed by atoms with E-state index in [0.29, 0.717) is 69.2 Å². The zero-order valence-electron chi connectivity index (χ0n) is 25.7. The van der Waals surface area contributed by atoms with E-state index < -0.39 is 41.3 Å². The Hall–Kier alpha value is -3.65. The van der Waals surface area contributed by atoms with Gasteiger partial charge in [0.1, 0.15) is 0 Å². The van der Waals surface area contributed by atoms with Gasteiger partial charge < -0.3 is 14.7 Å². The van der Waals surface area contributed by atoms with Crippen molar-refractivity contribution in [2.45, 2.75) is 50.5 Å². The Morgan fingerprint density at radius 2 is 1.40 bits per heavy atom. The highest BCUT2D eigenvalue weighted by Gasteiger charge is 2.38. The second-order valence-electron chi connectivity index (χ2n) is 12.0. The number of alkyl halides is 9. The first-order chi connectivity index (χ1) is 22.4. The molecule has 5 nitrogen and oxygen atoms in total. The van der Waals surface area contributed by atoms with Gasteiger partial charge in [-0.1, -0.05) is 23.7 Å². The molecule has 0 aromatic heterocycles. The Morgan fingerprint density at radius 1 is 0.771 bits per heavy atom. The maximum atomic E-state index is 13.5. The highest BCUT2D eigenvalue weighted by Crippen LogP contribution is 2.38. The van der Waals surface area contributed by atoms with Gasteiger partial charge in [-0.2, -0.15) is 39.5 Å². The minimum absolute atomic E-state index is 0.0574. The van der Waals surface area contributed by atoms with Crippen LogP contribution in [0.2, 0.25) is 5.02 Å². The second kappa shape index (κ2) is 13.7. The minimum atomic E-state index is -4.95. The number of halogens is 10. The Morgan fingerprint density at radius 3 is 1.98 bits per heavy atom. The lowest BCUT2D eigenvalue weighted by atomic mass is 10.0. The molecule has 5 rings (SSSR count). The molecule has 2 aliphatic rings. The lowest BCUT2D eigenvalue weighted by Crippen LogP contribution is -2.53. The van der Waals surface area contributed by atoms with Crippen LogP contribution in [0.15, 0.2) is 60.7 Å². The molecule has 2 heterocycles.